The van der Waals surface area contributed by atoms with Gasteiger partial charge in [0, 0.05) is 19.2 Å². The summed E-state index contributed by atoms with van der Waals surface area (Å²) in [6.07, 6.45) is 1.81. The summed E-state index contributed by atoms with van der Waals surface area (Å²) in [5.41, 5.74) is 0.565. The minimum atomic E-state index is -0.0956. The molecule has 0 amide bonds. The monoisotopic (exact) mass is 279 g/mol. The average Bonchev–Trinajstić information content (AvgIpc) is 2.75. The molecule has 0 fully saturated rings. The van der Waals surface area contributed by atoms with Crippen LogP contribution in [0.4, 0.5) is 0 Å². The number of nitrogens with zero attached hydrogens (tertiary/aromatic N) is 4. The number of nitrogens with one attached hydrogen (secondary N) is 1. The summed E-state index contributed by atoms with van der Waals surface area (Å²) < 4.78 is 3.94. The highest BCUT2D eigenvalue weighted by atomic mass is 32.1. The Kier molecular flexibility index (Phi) is 4.26. The number of aromatic amines is 1. The van der Waals surface area contributed by atoms with Gasteiger partial charge >= 0.3 is 0 Å². The minimum Gasteiger partial charge on any atom is -0.299 e. The van der Waals surface area contributed by atoms with Gasteiger partial charge in [0.25, 0.3) is 5.56 Å². The molecule has 0 saturated carbocycles. The van der Waals surface area contributed by atoms with Crippen LogP contribution in [0.3, 0.4) is 0 Å². The van der Waals surface area contributed by atoms with Gasteiger partial charge in [-0.05, 0) is 31.1 Å². The zero-order valence-electron chi connectivity index (χ0n) is 11.1. The van der Waals surface area contributed by atoms with Crippen molar-refractivity contribution >= 4 is 12.2 Å². The van der Waals surface area contributed by atoms with E-state index in [0.29, 0.717) is 22.8 Å². The predicted molar refractivity (Wildman–Crippen MR) is 75.5 cm³/mol. The van der Waals surface area contributed by atoms with Gasteiger partial charge in [0.15, 0.2) is 10.6 Å². The van der Waals surface area contributed by atoms with Gasteiger partial charge < -0.3 is 0 Å². The van der Waals surface area contributed by atoms with Crippen molar-refractivity contribution in [3.05, 3.63) is 27.3 Å². The SMILES string of the molecule is CCCn1nc(-c2n[nH]c(=S)n2CCC)ccc1=O. The molecule has 0 aliphatic carbocycles. The molecule has 102 valence electrons. The first-order chi connectivity index (χ1) is 9.17. The van der Waals surface area contributed by atoms with E-state index < -0.39 is 0 Å². The van der Waals surface area contributed by atoms with Crippen molar-refractivity contribution in [2.24, 2.45) is 0 Å². The van der Waals surface area contributed by atoms with Crippen molar-refractivity contribution in [1.29, 1.82) is 0 Å². The fourth-order valence-corrected chi connectivity index (χ4v) is 2.11. The number of aryl methyl sites for hydroxylation is 1. The molecule has 2 aromatic rings. The Morgan fingerprint density at radius 3 is 2.68 bits per heavy atom. The number of hydrogen-bond acceptors (Lipinski definition) is 4. The van der Waals surface area contributed by atoms with Crippen molar-refractivity contribution in [3.63, 3.8) is 0 Å². The fraction of sp³-hybridized carbons (Fsp3) is 0.500. The van der Waals surface area contributed by atoms with E-state index in [4.69, 9.17) is 12.2 Å². The van der Waals surface area contributed by atoms with Crippen LogP contribution in [-0.4, -0.2) is 24.5 Å². The Balaban J connectivity index is 2.50. The molecule has 0 aliphatic rings. The van der Waals surface area contributed by atoms with Crippen molar-refractivity contribution in [3.8, 4) is 11.5 Å². The van der Waals surface area contributed by atoms with Crippen LogP contribution in [0.2, 0.25) is 0 Å². The first-order valence-electron chi connectivity index (χ1n) is 6.41. The van der Waals surface area contributed by atoms with E-state index in [1.807, 2.05) is 11.5 Å². The Labute approximate surface area is 116 Å². The summed E-state index contributed by atoms with van der Waals surface area (Å²) in [5, 5.41) is 11.3. The Morgan fingerprint density at radius 2 is 2.00 bits per heavy atom. The Morgan fingerprint density at radius 1 is 1.26 bits per heavy atom. The Bertz CT molecular complexity index is 669. The third kappa shape index (κ3) is 2.81. The number of H-pyrrole nitrogens is 1. The van der Waals surface area contributed by atoms with Crippen LogP contribution in [0.25, 0.3) is 11.5 Å². The van der Waals surface area contributed by atoms with Crippen LogP contribution in [0.5, 0.6) is 0 Å². The van der Waals surface area contributed by atoms with Crippen LogP contribution in [-0.2, 0) is 13.1 Å². The number of hydrogen-bond donors (Lipinski definition) is 1. The van der Waals surface area contributed by atoms with Crippen molar-refractivity contribution in [1.82, 2.24) is 24.5 Å². The van der Waals surface area contributed by atoms with Crippen LogP contribution < -0.4 is 5.56 Å². The maximum Gasteiger partial charge on any atom is 0.266 e. The molecule has 2 rings (SSSR count). The Hall–Kier alpha value is -1.76. The molecule has 0 aromatic carbocycles. The molecular weight excluding hydrogens is 262 g/mol. The molecule has 2 aromatic heterocycles. The molecule has 6 nitrogen and oxygen atoms in total. The molecule has 0 atom stereocenters. The van der Waals surface area contributed by atoms with E-state index >= 15 is 0 Å². The average molecular weight is 279 g/mol. The highest BCUT2D eigenvalue weighted by Gasteiger charge is 2.11. The summed E-state index contributed by atoms with van der Waals surface area (Å²) in [7, 11) is 0. The van der Waals surface area contributed by atoms with E-state index in [9.17, 15) is 4.79 Å². The third-order valence-corrected chi connectivity index (χ3v) is 3.05. The van der Waals surface area contributed by atoms with Gasteiger partial charge in [-0.1, -0.05) is 13.8 Å². The molecule has 0 radical (unpaired) electrons. The lowest BCUT2D eigenvalue weighted by Gasteiger charge is -2.07. The molecule has 19 heavy (non-hydrogen) atoms. The van der Waals surface area contributed by atoms with E-state index in [2.05, 4.69) is 22.2 Å². The molecule has 1 N–H and O–H groups in total. The summed E-state index contributed by atoms with van der Waals surface area (Å²) in [6.45, 7) is 5.46. The molecule has 0 saturated heterocycles. The maximum atomic E-state index is 11.7. The fourth-order valence-electron chi connectivity index (χ4n) is 1.88. The van der Waals surface area contributed by atoms with Crippen molar-refractivity contribution in [2.75, 3.05) is 0 Å². The highest BCUT2D eigenvalue weighted by Crippen LogP contribution is 2.13. The first-order valence-corrected chi connectivity index (χ1v) is 6.82. The summed E-state index contributed by atoms with van der Waals surface area (Å²) in [5.74, 6) is 0.678. The standard InChI is InChI=1S/C12H17N5OS/c1-3-7-16-11(13-14-12(16)19)9-5-6-10(18)17(15-9)8-4-2/h5-6H,3-4,7-8H2,1-2H3,(H,14,19). The zero-order valence-corrected chi connectivity index (χ0v) is 11.9. The van der Waals surface area contributed by atoms with Gasteiger partial charge in [-0.2, -0.15) is 10.2 Å². The summed E-state index contributed by atoms with van der Waals surface area (Å²) >= 11 is 5.20. The molecule has 7 heteroatoms. The van der Waals surface area contributed by atoms with Gasteiger partial charge in [0.05, 0.1) is 0 Å². The molecule has 2 heterocycles. The molecule has 0 bridgehead atoms. The number of aromatic nitrogens is 5. The van der Waals surface area contributed by atoms with Gasteiger partial charge in [-0.3, -0.25) is 14.5 Å². The quantitative estimate of drug-likeness (QED) is 0.850. The van der Waals surface area contributed by atoms with Crippen LogP contribution >= 0.6 is 12.2 Å². The molecule has 0 aliphatic heterocycles. The molecular formula is C12H17N5OS. The van der Waals surface area contributed by atoms with Crippen molar-refractivity contribution in [2.45, 2.75) is 39.8 Å². The van der Waals surface area contributed by atoms with E-state index in [1.165, 1.54) is 10.7 Å². The maximum absolute atomic E-state index is 11.7. The second-order valence-corrected chi connectivity index (χ2v) is 4.67. The molecule has 0 unspecified atom stereocenters. The summed E-state index contributed by atoms with van der Waals surface area (Å²) in [6, 6.07) is 3.21. The molecule has 0 spiro atoms. The minimum absolute atomic E-state index is 0.0956. The second kappa shape index (κ2) is 5.92. The smallest absolute Gasteiger partial charge is 0.266 e. The first kappa shape index (κ1) is 13.7. The zero-order chi connectivity index (χ0) is 13.8. The topological polar surface area (TPSA) is 68.5 Å². The van der Waals surface area contributed by atoms with Gasteiger partial charge in [0.1, 0.15) is 5.69 Å². The van der Waals surface area contributed by atoms with Crippen molar-refractivity contribution < 1.29 is 0 Å². The highest BCUT2D eigenvalue weighted by molar-refractivity contribution is 7.71. The normalized spacial score (nSPS) is 10.8. The van der Waals surface area contributed by atoms with Crippen LogP contribution in [0.1, 0.15) is 26.7 Å². The van der Waals surface area contributed by atoms with E-state index in [1.54, 1.807) is 6.07 Å². The van der Waals surface area contributed by atoms with Gasteiger partial charge in [-0.15, -0.1) is 0 Å². The van der Waals surface area contributed by atoms with E-state index in [-0.39, 0.29) is 5.56 Å². The van der Waals surface area contributed by atoms with Crippen LogP contribution in [0, 0.1) is 4.77 Å². The van der Waals surface area contributed by atoms with Crippen LogP contribution in [0.15, 0.2) is 16.9 Å². The number of rotatable bonds is 5. The predicted octanol–water partition coefficient (Wildman–Crippen LogP) is 1.98. The van der Waals surface area contributed by atoms with Gasteiger partial charge in [0.2, 0.25) is 0 Å². The third-order valence-electron chi connectivity index (χ3n) is 2.74. The lowest BCUT2D eigenvalue weighted by atomic mass is 10.3. The van der Waals surface area contributed by atoms with Gasteiger partial charge in [-0.25, -0.2) is 4.68 Å². The summed E-state index contributed by atoms with van der Waals surface area (Å²) in [4.78, 5) is 11.7. The lowest BCUT2D eigenvalue weighted by Crippen LogP contribution is -2.22. The lowest BCUT2D eigenvalue weighted by molar-refractivity contribution is 0.567. The second-order valence-electron chi connectivity index (χ2n) is 4.28. The van der Waals surface area contributed by atoms with E-state index in [0.717, 1.165) is 19.4 Å². The largest absolute Gasteiger partial charge is 0.299 e.